The number of benzene rings is 1. The molecule has 0 heterocycles. The average molecular weight is 290 g/mol. The van der Waals surface area contributed by atoms with Crippen molar-refractivity contribution >= 4 is 0 Å². The molecule has 1 aliphatic rings. The van der Waals surface area contributed by atoms with Crippen LogP contribution in [0.3, 0.4) is 0 Å². The van der Waals surface area contributed by atoms with E-state index in [1.54, 1.807) is 0 Å². The van der Waals surface area contributed by atoms with E-state index >= 15 is 0 Å². The molecule has 1 N–H and O–H groups in total. The fraction of sp³-hybridized carbons (Fsp3) is 0.684. The molecule has 0 amide bonds. The molecule has 1 atom stereocenters. The molecule has 2 heteroatoms. The molecule has 0 aromatic heterocycles. The van der Waals surface area contributed by atoms with Gasteiger partial charge in [-0.3, -0.25) is 0 Å². The lowest BCUT2D eigenvalue weighted by molar-refractivity contribution is 0.0413. The van der Waals surface area contributed by atoms with Crippen LogP contribution in [0.5, 0.6) is 5.75 Å². The summed E-state index contributed by atoms with van der Waals surface area (Å²) in [6.07, 6.45) is 6.91. The summed E-state index contributed by atoms with van der Waals surface area (Å²) < 4.78 is 5.77. The number of hydrogen-bond donors (Lipinski definition) is 1. The number of aliphatic hydroxyl groups excluding tert-OH is 1. The van der Waals surface area contributed by atoms with E-state index in [4.69, 9.17) is 4.74 Å². The van der Waals surface area contributed by atoms with E-state index in [1.807, 2.05) is 12.1 Å². The summed E-state index contributed by atoms with van der Waals surface area (Å²) in [7, 11) is 0. The van der Waals surface area contributed by atoms with Gasteiger partial charge in [-0.25, -0.2) is 0 Å². The molecule has 21 heavy (non-hydrogen) atoms. The van der Waals surface area contributed by atoms with Crippen molar-refractivity contribution in [3.05, 3.63) is 29.8 Å². The van der Waals surface area contributed by atoms with Gasteiger partial charge in [0.2, 0.25) is 0 Å². The molecule has 0 saturated heterocycles. The lowest BCUT2D eigenvalue weighted by Gasteiger charge is -2.26. The fourth-order valence-corrected chi connectivity index (χ4v) is 3.04. The van der Waals surface area contributed by atoms with Crippen LogP contribution >= 0.6 is 0 Å². The van der Waals surface area contributed by atoms with Crippen molar-refractivity contribution in [2.24, 2.45) is 5.92 Å². The van der Waals surface area contributed by atoms with Crippen LogP contribution in [0.25, 0.3) is 0 Å². The van der Waals surface area contributed by atoms with Crippen molar-refractivity contribution in [3.8, 4) is 5.75 Å². The van der Waals surface area contributed by atoms with Crippen molar-refractivity contribution in [1.82, 2.24) is 0 Å². The van der Waals surface area contributed by atoms with Gasteiger partial charge in [-0.15, -0.1) is 0 Å². The van der Waals surface area contributed by atoms with E-state index in [0.29, 0.717) is 12.5 Å². The third-order valence-corrected chi connectivity index (χ3v) is 5.13. The van der Waals surface area contributed by atoms with Crippen molar-refractivity contribution < 1.29 is 9.84 Å². The molecule has 118 valence electrons. The second-order valence-electron chi connectivity index (χ2n) is 7.04. The smallest absolute Gasteiger partial charge is 0.119 e. The molecule has 1 aromatic carbocycles. The van der Waals surface area contributed by atoms with Crippen LogP contribution in [0.1, 0.15) is 64.9 Å². The summed E-state index contributed by atoms with van der Waals surface area (Å²) in [4.78, 5) is 0. The second-order valence-corrected chi connectivity index (χ2v) is 7.04. The van der Waals surface area contributed by atoms with Crippen LogP contribution in [0.2, 0.25) is 0 Å². The first-order valence-electron chi connectivity index (χ1n) is 8.44. The summed E-state index contributed by atoms with van der Waals surface area (Å²) >= 11 is 0. The van der Waals surface area contributed by atoms with Gasteiger partial charge < -0.3 is 9.84 Å². The van der Waals surface area contributed by atoms with E-state index < -0.39 is 0 Å². The van der Waals surface area contributed by atoms with Gasteiger partial charge in [-0.1, -0.05) is 52.2 Å². The lowest BCUT2D eigenvalue weighted by Crippen LogP contribution is -2.28. The van der Waals surface area contributed by atoms with E-state index in [-0.39, 0.29) is 11.5 Å². The third kappa shape index (κ3) is 4.47. The topological polar surface area (TPSA) is 29.5 Å². The maximum absolute atomic E-state index is 10.2. The predicted molar refractivity (Wildman–Crippen MR) is 87.8 cm³/mol. The Balaban J connectivity index is 1.86. The first kappa shape index (κ1) is 16.4. The molecule has 0 spiro atoms. The summed E-state index contributed by atoms with van der Waals surface area (Å²) in [6.45, 7) is 7.15. The Bertz CT molecular complexity index is 416. The highest BCUT2D eigenvalue weighted by Crippen LogP contribution is 2.29. The van der Waals surface area contributed by atoms with Gasteiger partial charge in [-0.2, -0.15) is 0 Å². The molecular weight excluding hydrogens is 260 g/mol. The van der Waals surface area contributed by atoms with Gasteiger partial charge in [0, 0.05) is 0 Å². The highest BCUT2D eigenvalue weighted by Gasteiger charge is 2.22. The molecule has 0 bridgehead atoms. The Kier molecular flexibility index (Phi) is 5.69. The van der Waals surface area contributed by atoms with Crippen LogP contribution in [-0.4, -0.2) is 17.8 Å². The molecule has 2 rings (SSSR count). The molecular formula is C19H30O2. The van der Waals surface area contributed by atoms with Crippen LogP contribution in [0.15, 0.2) is 24.3 Å². The van der Waals surface area contributed by atoms with Crippen LogP contribution in [-0.2, 0) is 5.41 Å². The average Bonchev–Trinajstić information content (AvgIpc) is 2.54. The van der Waals surface area contributed by atoms with Gasteiger partial charge in [-0.05, 0) is 48.3 Å². The SMILES string of the molecule is CCC(C)(C)c1ccc(OCC(O)C2CCCCC2)cc1. The lowest BCUT2D eigenvalue weighted by atomic mass is 9.82. The quantitative estimate of drug-likeness (QED) is 0.823. The number of aliphatic hydroxyl groups is 1. The van der Waals surface area contributed by atoms with Gasteiger partial charge in [0.15, 0.2) is 0 Å². The molecule has 1 saturated carbocycles. The summed E-state index contributed by atoms with van der Waals surface area (Å²) in [6, 6.07) is 8.35. The Morgan fingerprint density at radius 2 is 1.76 bits per heavy atom. The van der Waals surface area contributed by atoms with Crippen molar-refractivity contribution in [3.63, 3.8) is 0 Å². The zero-order valence-corrected chi connectivity index (χ0v) is 13.8. The number of rotatable bonds is 6. The van der Waals surface area contributed by atoms with Gasteiger partial charge >= 0.3 is 0 Å². The monoisotopic (exact) mass is 290 g/mol. The zero-order valence-electron chi connectivity index (χ0n) is 13.8. The minimum Gasteiger partial charge on any atom is -0.491 e. The fourth-order valence-electron chi connectivity index (χ4n) is 3.04. The van der Waals surface area contributed by atoms with Gasteiger partial charge in [0.25, 0.3) is 0 Å². The van der Waals surface area contributed by atoms with E-state index in [2.05, 4.69) is 32.9 Å². The Labute approximate surface area is 129 Å². The highest BCUT2D eigenvalue weighted by molar-refractivity contribution is 5.31. The van der Waals surface area contributed by atoms with Crippen LogP contribution in [0, 0.1) is 5.92 Å². The Morgan fingerprint density at radius 3 is 2.33 bits per heavy atom. The highest BCUT2D eigenvalue weighted by atomic mass is 16.5. The standard InChI is InChI=1S/C19H30O2/c1-4-19(2,3)16-10-12-17(13-11-16)21-14-18(20)15-8-6-5-7-9-15/h10-13,15,18,20H,4-9,14H2,1-3H3. The summed E-state index contributed by atoms with van der Waals surface area (Å²) in [5, 5.41) is 10.2. The largest absolute Gasteiger partial charge is 0.491 e. The number of ether oxygens (including phenoxy) is 1. The molecule has 0 aliphatic heterocycles. The Morgan fingerprint density at radius 1 is 1.14 bits per heavy atom. The third-order valence-electron chi connectivity index (χ3n) is 5.13. The van der Waals surface area contributed by atoms with E-state index in [9.17, 15) is 5.11 Å². The molecule has 1 aromatic rings. The minimum atomic E-state index is -0.322. The number of hydrogen-bond acceptors (Lipinski definition) is 2. The first-order chi connectivity index (χ1) is 10.0. The maximum atomic E-state index is 10.2. The maximum Gasteiger partial charge on any atom is 0.119 e. The van der Waals surface area contributed by atoms with Crippen molar-refractivity contribution in [2.75, 3.05) is 6.61 Å². The minimum absolute atomic E-state index is 0.208. The zero-order chi connectivity index (χ0) is 15.3. The normalized spacial score (nSPS) is 18.5. The predicted octanol–water partition coefficient (Wildman–Crippen LogP) is 4.69. The van der Waals surface area contributed by atoms with Crippen molar-refractivity contribution in [2.45, 2.75) is 70.8 Å². The molecule has 1 fully saturated rings. The Hall–Kier alpha value is -1.02. The van der Waals surface area contributed by atoms with Crippen LogP contribution < -0.4 is 4.74 Å². The van der Waals surface area contributed by atoms with Crippen molar-refractivity contribution in [1.29, 1.82) is 0 Å². The summed E-state index contributed by atoms with van der Waals surface area (Å²) in [5.41, 5.74) is 1.55. The van der Waals surface area contributed by atoms with E-state index in [0.717, 1.165) is 25.0 Å². The molecule has 1 unspecified atom stereocenters. The van der Waals surface area contributed by atoms with Crippen LogP contribution in [0.4, 0.5) is 0 Å². The van der Waals surface area contributed by atoms with E-state index in [1.165, 1.54) is 24.8 Å². The first-order valence-corrected chi connectivity index (χ1v) is 8.44. The van der Waals surface area contributed by atoms with Gasteiger partial charge in [0.1, 0.15) is 12.4 Å². The molecule has 1 aliphatic carbocycles. The molecule has 2 nitrogen and oxygen atoms in total. The molecule has 0 radical (unpaired) electrons. The van der Waals surface area contributed by atoms with Gasteiger partial charge in [0.05, 0.1) is 6.10 Å². The second kappa shape index (κ2) is 7.31. The summed E-state index contributed by atoms with van der Waals surface area (Å²) in [5.74, 6) is 1.29.